The van der Waals surface area contributed by atoms with Crippen molar-refractivity contribution in [2.45, 2.75) is 32.4 Å². The van der Waals surface area contributed by atoms with Crippen LogP contribution in [0.3, 0.4) is 0 Å². The van der Waals surface area contributed by atoms with E-state index < -0.39 is 0 Å². The van der Waals surface area contributed by atoms with Crippen LogP contribution in [0, 0.1) is 11.8 Å². The van der Waals surface area contributed by atoms with Gasteiger partial charge in [0.25, 0.3) is 0 Å². The fourth-order valence-electron chi connectivity index (χ4n) is 3.66. The number of piperidine rings is 1. The van der Waals surface area contributed by atoms with Gasteiger partial charge in [-0.25, -0.2) is 0 Å². The van der Waals surface area contributed by atoms with E-state index in [0.717, 1.165) is 12.1 Å². The van der Waals surface area contributed by atoms with Crippen LogP contribution in [0.15, 0.2) is 65.8 Å². The van der Waals surface area contributed by atoms with Gasteiger partial charge in [0, 0.05) is 24.4 Å². The molecule has 0 saturated carbocycles. The van der Waals surface area contributed by atoms with Crippen molar-refractivity contribution in [1.29, 1.82) is 0 Å². The van der Waals surface area contributed by atoms with Gasteiger partial charge in [0.15, 0.2) is 0 Å². The van der Waals surface area contributed by atoms with E-state index in [-0.39, 0.29) is 18.0 Å². The van der Waals surface area contributed by atoms with Crippen LogP contribution >= 0.6 is 0 Å². The SMILES string of the molecule is CC(C)[C@@H]1C(=NO)C[C@@H](c2ccccc2)N[C@@H]1c1ccccc1. The first-order valence-corrected chi connectivity index (χ1v) is 8.27. The van der Waals surface area contributed by atoms with E-state index in [9.17, 15) is 5.21 Å². The Morgan fingerprint density at radius 2 is 1.52 bits per heavy atom. The van der Waals surface area contributed by atoms with E-state index in [1.807, 2.05) is 12.1 Å². The summed E-state index contributed by atoms with van der Waals surface area (Å²) in [7, 11) is 0. The Bertz CT molecular complexity index is 652. The lowest BCUT2D eigenvalue weighted by atomic mass is 9.75. The first kappa shape index (κ1) is 15.8. The van der Waals surface area contributed by atoms with Gasteiger partial charge in [-0.05, 0) is 17.0 Å². The van der Waals surface area contributed by atoms with Crippen molar-refractivity contribution in [2.75, 3.05) is 0 Å². The molecule has 0 aromatic heterocycles. The molecule has 23 heavy (non-hydrogen) atoms. The van der Waals surface area contributed by atoms with Crippen LogP contribution in [-0.4, -0.2) is 10.9 Å². The van der Waals surface area contributed by atoms with E-state index in [0.29, 0.717) is 5.92 Å². The second-order valence-electron chi connectivity index (χ2n) is 6.58. The van der Waals surface area contributed by atoms with Crippen LogP contribution in [0.1, 0.15) is 43.5 Å². The van der Waals surface area contributed by atoms with Crippen LogP contribution in [0.2, 0.25) is 0 Å². The van der Waals surface area contributed by atoms with E-state index in [4.69, 9.17) is 0 Å². The molecule has 0 radical (unpaired) electrons. The first-order valence-electron chi connectivity index (χ1n) is 8.27. The van der Waals surface area contributed by atoms with Crippen molar-refractivity contribution in [3.8, 4) is 0 Å². The molecule has 3 heteroatoms. The normalized spacial score (nSPS) is 26.6. The molecule has 1 aliphatic heterocycles. The third kappa shape index (κ3) is 3.30. The minimum absolute atomic E-state index is 0.154. The lowest BCUT2D eigenvalue weighted by Gasteiger charge is -2.40. The molecule has 1 saturated heterocycles. The topological polar surface area (TPSA) is 44.6 Å². The van der Waals surface area contributed by atoms with Crippen molar-refractivity contribution in [2.24, 2.45) is 17.0 Å². The Hall–Kier alpha value is -2.13. The molecule has 0 spiro atoms. The van der Waals surface area contributed by atoms with Crippen LogP contribution < -0.4 is 5.32 Å². The molecular formula is C20H24N2O. The third-order valence-electron chi connectivity index (χ3n) is 4.75. The van der Waals surface area contributed by atoms with Gasteiger partial charge < -0.3 is 10.5 Å². The molecule has 1 heterocycles. The van der Waals surface area contributed by atoms with Gasteiger partial charge in [0.1, 0.15) is 0 Å². The van der Waals surface area contributed by atoms with Gasteiger partial charge in [0.05, 0.1) is 5.71 Å². The monoisotopic (exact) mass is 308 g/mol. The highest BCUT2D eigenvalue weighted by molar-refractivity contribution is 5.89. The Balaban J connectivity index is 1.98. The molecule has 3 rings (SSSR count). The zero-order valence-corrected chi connectivity index (χ0v) is 13.7. The molecule has 120 valence electrons. The zero-order valence-electron chi connectivity index (χ0n) is 13.7. The van der Waals surface area contributed by atoms with Gasteiger partial charge in [-0.3, -0.25) is 0 Å². The maximum absolute atomic E-state index is 9.60. The van der Waals surface area contributed by atoms with E-state index in [2.05, 4.69) is 72.9 Å². The molecule has 0 bridgehead atoms. The highest BCUT2D eigenvalue weighted by Gasteiger charge is 2.38. The largest absolute Gasteiger partial charge is 0.411 e. The second-order valence-corrected chi connectivity index (χ2v) is 6.58. The summed E-state index contributed by atoms with van der Waals surface area (Å²) in [6, 6.07) is 21.2. The molecule has 0 unspecified atom stereocenters. The van der Waals surface area contributed by atoms with Crippen LogP contribution in [0.5, 0.6) is 0 Å². The lowest BCUT2D eigenvalue weighted by Crippen LogP contribution is -2.44. The summed E-state index contributed by atoms with van der Waals surface area (Å²) in [5.41, 5.74) is 3.37. The van der Waals surface area contributed by atoms with Crippen LogP contribution in [0.25, 0.3) is 0 Å². The number of benzene rings is 2. The van der Waals surface area contributed by atoms with Gasteiger partial charge in [-0.2, -0.15) is 0 Å². The summed E-state index contributed by atoms with van der Waals surface area (Å²) in [5.74, 6) is 0.595. The number of nitrogens with zero attached hydrogens (tertiary/aromatic N) is 1. The molecule has 2 aromatic rings. The van der Waals surface area contributed by atoms with Gasteiger partial charge >= 0.3 is 0 Å². The maximum Gasteiger partial charge on any atom is 0.0642 e. The molecule has 3 nitrogen and oxygen atoms in total. The summed E-state index contributed by atoms with van der Waals surface area (Å²) in [5, 5.41) is 17.1. The highest BCUT2D eigenvalue weighted by Crippen LogP contribution is 2.39. The van der Waals surface area contributed by atoms with Crippen molar-refractivity contribution in [3.63, 3.8) is 0 Å². The predicted molar refractivity (Wildman–Crippen MR) is 93.7 cm³/mol. The molecule has 2 aromatic carbocycles. The molecule has 1 fully saturated rings. The summed E-state index contributed by atoms with van der Waals surface area (Å²) in [6.45, 7) is 4.38. The van der Waals surface area contributed by atoms with Crippen molar-refractivity contribution in [3.05, 3.63) is 71.8 Å². The van der Waals surface area contributed by atoms with Gasteiger partial charge in [0.2, 0.25) is 0 Å². The molecular weight excluding hydrogens is 284 g/mol. The quantitative estimate of drug-likeness (QED) is 0.644. The van der Waals surface area contributed by atoms with Crippen molar-refractivity contribution in [1.82, 2.24) is 5.32 Å². The zero-order chi connectivity index (χ0) is 16.2. The Kier molecular flexibility index (Phi) is 4.77. The summed E-state index contributed by atoms with van der Waals surface area (Å²) in [6.07, 6.45) is 0.743. The number of nitrogens with one attached hydrogen (secondary N) is 1. The smallest absolute Gasteiger partial charge is 0.0642 e. The third-order valence-corrected chi connectivity index (χ3v) is 4.75. The first-order chi connectivity index (χ1) is 11.2. The Morgan fingerprint density at radius 3 is 2.04 bits per heavy atom. The number of rotatable bonds is 3. The highest BCUT2D eigenvalue weighted by atomic mass is 16.4. The van der Waals surface area contributed by atoms with Crippen LogP contribution in [0.4, 0.5) is 0 Å². The maximum atomic E-state index is 9.60. The van der Waals surface area contributed by atoms with Gasteiger partial charge in [-0.1, -0.05) is 79.7 Å². The molecule has 2 N–H and O–H groups in total. The molecule has 1 aliphatic rings. The van der Waals surface area contributed by atoms with Crippen LogP contribution in [-0.2, 0) is 0 Å². The van der Waals surface area contributed by atoms with Crippen molar-refractivity contribution < 1.29 is 5.21 Å². The molecule has 0 amide bonds. The lowest BCUT2D eigenvalue weighted by molar-refractivity contribution is 0.263. The van der Waals surface area contributed by atoms with E-state index in [1.165, 1.54) is 11.1 Å². The average molecular weight is 308 g/mol. The minimum Gasteiger partial charge on any atom is -0.411 e. The molecule has 3 atom stereocenters. The summed E-state index contributed by atoms with van der Waals surface area (Å²) in [4.78, 5) is 0. The van der Waals surface area contributed by atoms with E-state index in [1.54, 1.807) is 0 Å². The van der Waals surface area contributed by atoms with Crippen molar-refractivity contribution >= 4 is 5.71 Å². The number of oxime groups is 1. The predicted octanol–water partition coefficient (Wildman–Crippen LogP) is 4.56. The fourth-order valence-corrected chi connectivity index (χ4v) is 3.66. The minimum atomic E-state index is 0.154. The molecule has 0 aliphatic carbocycles. The van der Waals surface area contributed by atoms with Gasteiger partial charge in [-0.15, -0.1) is 0 Å². The average Bonchev–Trinajstić information content (AvgIpc) is 2.62. The number of hydrogen-bond donors (Lipinski definition) is 2. The fraction of sp³-hybridized carbons (Fsp3) is 0.350. The second kappa shape index (κ2) is 6.97. The standard InChI is InChI=1S/C20H24N2O/c1-14(2)19-18(22-23)13-17(15-9-5-3-6-10-15)21-20(19)16-11-7-4-8-12-16/h3-12,14,17,19-21,23H,13H2,1-2H3/t17-,19+,20+/m0/s1. The number of hydrogen-bond acceptors (Lipinski definition) is 3. The summed E-state index contributed by atoms with van der Waals surface area (Å²) < 4.78 is 0. The Morgan fingerprint density at radius 1 is 0.957 bits per heavy atom. The Labute approximate surface area is 138 Å². The summed E-state index contributed by atoms with van der Waals surface area (Å²) >= 11 is 0. The van der Waals surface area contributed by atoms with E-state index >= 15 is 0 Å².